The van der Waals surface area contributed by atoms with Crippen molar-refractivity contribution in [2.24, 2.45) is 0 Å². The Morgan fingerprint density at radius 2 is 1.05 bits per heavy atom. The zero-order chi connectivity index (χ0) is 44.6. The summed E-state index contributed by atoms with van der Waals surface area (Å²) in [6.07, 6.45) is 39.9. The molecule has 0 aliphatic carbocycles. The smallest absolute Gasteiger partial charge is 0.462 e. The topological polar surface area (TPSA) is 216 Å². The molecule has 0 bridgehead atoms. The molecule has 0 aromatic rings. The predicted octanol–water partition coefficient (Wildman–Crippen LogP) is 9.98. The van der Waals surface area contributed by atoms with Gasteiger partial charge in [0.2, 0.25) is 0 Å². The van der Waals surface area contributed by atoms with Crippen molar-refractivity contribution in [3.63, 3.8) is 0 Å². The number of esters is 2. The summed E-state index contributed by atoms with van der Waals surface area (Å²) in [5.74, 6) is -1.13. The third-order valence-corrected chi connectivity index (χ3v) is 10.2. The van der Waals surface area contributed by atoms with Crippen molar-refractivity contribution in [3.8, 4) is 0 Å². The minimum Gasteiger partial charge on any atom is -0.462 e. The summed E-state index contributed by atoms with van der Waals surface area (Å²) >= 11 is 0. The maximum absolute atomic E-state index is 12.7. The van der Waals surface area contributed by atoms with Gasteiger partial charge in [0.15, 0.2) is 6.10 Å². The molecule has 0 spiro atoms. The molecule has 346 valence electrons. The molecule has 0 heterocycles. The number of carbonyl (C=O) groups is 2. The van der Waals surface area contributed by atoms with E-state index in [0.29, 0.717) is 25.7 Å². The number of rotatable bonds is 40. The number of allylic oxidation sites excluding steroid dienone is 11. The van der Waals surface area contributed by atoms with Crippen LogP contribution in [-0.2, 0) is 41.8 Å². The fraction of sp³-hybridized carbons (Fsp3) is 0.682. The largest absolute Gasteiger partial charge is 0.472 e. The van der Waals surface area contributed by atoms with Crippen LogP contribution in [0.1, 0.15) is 149 Å². The van der Waals surface area contributed by atoms with E-state index in [9.17, 15) is 33.8 Å². The molecule has 0 aliphatic rings. The molecule has 0 amide bonds. The quantitative estimate of drug-likeness (QED) is 0.0127. The van der Waals surface area contributed by atoms with Crippen LogP contribution in [0.3, 0.4) is 0 Å². The molecule has 16 heteroatoms. The normalized spacial score (nSPS) is 15.2. The highest BCUT2D eigenvalue weighted by molar-refractivity contribution is 7.47. The zero-order valence-electron chi connectivity index (χ0n) is 36.1. The number of unbranched alkanes of at least 4 members (excludes halogenated alkanes) is 12. The van der Waals surface area contributed by atoms with Gasteiger partial charge in [0.05, 0.1) is 25.9 Å². The fourth-order valence-corrected chi connectivity index (χ4v) is 6.43. The first-order valence-electron chi connectivity index (χ1n) is 21.7. The average molecular weight is 891 g/mol. The zero-order valence-corrected chi connectivity index (χ0v) is 37.9. The molecular formula is C44H76O14P2. The standard InChI is InChI=1S/C44H76O14P2/c1-3-5-6-7-8-9-10-11-12-17-20-23-26-29-32-35-44(48)58-42(39-57-60(52,53)56-37-41(46)36-55-59(49,50)51)38-54-43(47)34-31-28-25-22-19-16-14-13-15-18-21-24-27-30-33-40(45)4-2/h11-12,14-16,18,22,24-25,27,30,33,40-42,45-46H,3-10,13,17,19-21,23,26,28-29,31-32,34-39H2,1-2H3,(H,52,53)(H2,49,50,51)/b12-11-,16-14-,18-15-,25-22-,27-24-,33-30+/t40-,41-,42+/m0/s1. The van der Waals surface area contributed by atoms with Crippen molar-refractivity contribution in [3.05, 3.63) is 72.9 Å². The number of hydrogen-bond acceptors (Lipinski definition) is 11. The summed E-state index contributed by atoms with van der Waals surface area (Å²) < 4.78 is 47.7. The van der Waals surface area contributed by atoms with Gasteiger partial charge in [0.25, 0.3) is 0 Å². The number of phosphoric ester groups is 2. The molecular weight excluding hydrogens is 814 g/mol. The van der Waals surface area contributed by atoms with Crippen LogP contribution in [0.4, 0.5) is 0 Å². The van der Waals surface area contributed by atoms with E-state index in [4.69, 9.17) is 23.8 Å². The van der Waals surface area contributed by atoms with Crippen LogP contribution in [0.15, 0.2) is 72.9 Å². The average Bonchev–Trinajstić information content (AvgIpc) is 3.21. The van der Waals surface area contributed by atoms with Crippen LogP contribution in [0.25, 0.3) is 0 Å². The van der Waals surface area contributed by atoms with Gasteiger partial charge in [-0.1, -0.05) is 138 Å². The van der Waals surface area contributed by atoms with Gasteiger partial charge in [0, 0.05) is 12.8 Å². The van der Waals surface area contributed by atoms with E-state index in [1.165, 1.54) is 38.5 Å². The number of ether oxygens (including phenoxy) is 2. The van der Waals surface area contributed by atoms with E-state index in [0.717, 1.165) is 57.8 Å². The molecule has 60 heavy (non-hydrogen) atoms. The minimum absolute atomic E-state index is 0.0982. The number of aliphatic hydroxyl groups excluding tert-OH is 2. The minimum atomic E-state index is -4.88. The first-order valence-corrected chi connectivity index (χ1v) is 24.8. The summed E-state index contributed by atoms with van der Waals surface area (Å²) in [7, 11) is -9.71. The van der Waals surface area contributed by atoms with E-state index in [2.05, 4.69) is 52.4 Å². The van der Waals surface area contributed by atoms with Crippen molar-refractivity contribution in [1.29, 1.82) is 0 Å². The summed E-state index contributed by atoms with van der Waals surface area (Å²) in [6.45, 7) is 1.33. The highest BCUT2D eigenvalue weighted by Crippen LogP contribution is 2.43. The van der Waals surface area contributed by atoms with Gasteiger partial charge in [0.1, 0.15) is 12.7 Å². The van der Waals surface area contributed by atoms with E-state index >= 15 is 0 Å². The lowest BCUT2D eigenvalue weighted by atomic mass is 10.1. The third-order valence-electron chi connectivity index (χ3n) is 8.73. The second-order valence-electron chi connectivity index (χ2n) is 14.4. The lowest BCUT2D eigenvalue weighted by molar-refractivity contribution is -0.161. The van der Waals surface area contributed by atoms with E-state index in [-0.39, 0.29) is 12.8 Å². The van der Waals surface area contributed by atoms with Crippen LogP contribution in [0.2, 0.25) is 0 Å². The molecule has 0 saturated carbocycles. The van der Waals surface area contributed by atoms with Gasteiger partial charge in [-0.3, -0.25) is 23.2 Å². The molecule has 0 fully saturated rings. The maximum atomic E-state index is 12.7. The van der Waals surface area contributed by atoms with Gasteiger partial charge in [-0.15, -0.1) is 0 Å². The SMILES string of the molecule is CCCCCCCC/C=C\CCCCCCCC(=O)O[C@H](COC(=O)CCC/C=C\C/C=C\C/C=C\C/C=C\C=C\[C@@H](O)CC)COP(=O)(O)OC[C@@H](O)COP(=O)(O)O. The number of aliphatic hydroxyl groups is 2. The Bertz CT molecular complexity index is 1350. The third kappa shape index (κ3) is 42.2. The van der Waals surface area contributed by atoms with Gasteiger partial charge in [-0.05, 0) is 70.6 Å². The molecule has 0 saturated heterocycles. The monoisotopic (exact) mass is 890 g/mol. The Labute approximate surface area is 359 Å². The van der Waals surface area contributed by atoms with E-state index in [1.54, 1.807) is 6.08 Å². The number of phosphoric acid groups is 2. The Morgan fingerprint density at radius 3 is 1.67 bits per heavy atom. The van der Waals surface area contributed by atoms with Gasteiger partial charge in [-0.25, -0.2) is 9.13 Å². The van der Waals surface area contributed by atoms with E-state index < -0.39 is 72.3 Å². The first kappa shape index (κ1) is 57.5. The van der Waals surface area contributed by atoms with Crippen molar-refractivity contribution < 1.29 is 66.7 Å². The lowest BCUT2D eigenvalue weighted by Crippen LogP contribution is -2.30. The Hall–Kier alpha value is -2.48. The molecule has 0 rings (SSSR count). The second-order valence-corrected chi connectivity index (χ2v) is 17.1. The first-order chi connectivity index (χ1) is 28.8. The molecule has 0 aromatic carbocycles. The fourth-order valence-electron chi connectivity index (χ4n) is 5.27. The Morgan fingerprint density at radius 1 is 0.550 bits per heavy atom. The molecule has 4 atom stereocenters. The van der Waals surface area contributed by atoms with Crippen molar-refractivity contribution in [2.45, 2.75) is 167 Å². The number of carbonyl (C=O) groups excluding carboxylic acids is 2. The molecule has 0 radical (unpaired) electrons. The Balaban J connectivity index is 4.65. The van der Waals surface area contributed by atoms with Crippen LogP contribution in [-0.4, -0.2) is 81.6 Å². The van der Waals surface area contributed by atoms with Gasteiger partial charge >= 0.3 is 27.6 Å². The summed E-state index contributed by atoms with van der Waals surface area (Å²) in [5.41, 5.74) is 0. The van der Waals surface area contributed by atoms with E-state index in [1.807, 2.05) is 37.3 Å². The lowest BCUT2D eigenvalue weighted by Gasteiger charge is -2.20. The van der Waals surface area contributed by atoms with Gasteiger partial charge < -0.3 is 34.4 Å². The summed E-state index contributed by atoms with van der Waals surface area (Å²) in [5, 5.41) is 19.2. The summed E-state index contributed by atoms with van der Waals surface area (Å²) in [6, 6.07) is 0. The van der Waals surface area contributed by atoms with Crippen LogP contribution in [0.5, 0.6) is 0 Å². The molecule has 1 unspecified atom stereocenters. The van der Waals surface area contributed by atoms with Crippen molar-refractivity contribution in [1.82, 2.24) is 0 Å². The van der Waals surface area contributed by atoms with Crippen molar-refractivity contribution in [2.75, 3.05) is 26.4 Å². The summed E-state index contributed by atoms with van der Waals surface area (Å²) in [4.78, 5) is 52.6. The predicted molar refractivity (Wildman–Crippen MR) is 236 cm³/mol. The second kappa shape index (κ2) is 39.4. The maximum Gasteiger partial charge on any atom is 0.472 e. The van der Waals surface area contributed by atoms with Gasteiger partial charge in [-0.2, -0.15) is 0 Å². The van der Waals surface area contributed by atoms with Crippen LogP contribution >= 0.6 is 15.6 Å². The van der Waals surface area contributed by atoms with Crippen molar-refractivity contribution >= 4 is 27.6 Å². The highest BCUT2D eigenvalue weighted by Gasteiger charge is 2.28. The highest BCUT2D eigenvalue weighted by atomic mass is 31.2. The molecule has 5 N–H and O–H groups in total. The van der Waals surface area contributed by atoms with Crippen LogP contribution < -0.4 is 0 Å². The van der Waals surface area contributed by atoms with Crippen LogP contribution in [0, 0.1) is 0 Å². The number of hydrogen-bond donors (Lipinski definition) is 5. The molecule has 0 aromatic heterocycles. The molecule has 0 aliphatic heterocycles. The Kier molecular flexibility index (Phi) is 37.7. The molecule has 14 nitrogen and oxygen atoms in total.